The quantitative estimate of drug-likeness (QED) is 0.252. The van der Waals surface area contributed by atoms with Crippen LogP contribution in [0.5, 0.6) is 0 Å². The lowest BCUT2D eigenvalue weighted by Gasteiger charge is -1.98. The summed E-state index contributed by atoms with van der Waals surface area (Å²) in [6.07, 6.45) is 1.55. The third kappa shape index (κ3) is 2.95. The summed E-state index contributed by atoms with van der Waals surface area (Å²) in [4.78, 5) is 17.7. The molecule has 0 saturated heterocycles. The monoisotopic (exact) mass is 181 g/mol. The van der Waals surface area contributed by atoms with Crippen molar-refractivity contribution in [3.63, 3.8) is 0 Å². The van der Waals surface area contributed by atoms with Gasteiger partial charge in [-0.05, 0) is 0 Å². The second-order valence-electron chi connectivity index (χ2n) is 1.68. The molecular formula is C5HN4O4-. The molecule has 0 amide bonds. The molecule has 0 spiro atoms. The van der Waals surface area contributed by atoms with Crippen LogP contribution in [0.3, 0.4) is 0 Å². The van der Waals surface area contributed by atoms with Crippen LogP contribution < -0.4 is 0 Å². The molecule has 0 aromatic rings. The highest BCUT2D eigenvalue weighted by Gasteiger charge is 2.12. The van der Waals surface area contributed by atoms with Crippen LogP contribution in [0.25, 0.3) is 0 Å². The van der Waals surface area contributed by atoms with Crippen LogP contribution in [0, 0.1) is 49.0 Å². The molecule has 0 rings (SSSR count). The van der Waals surface area contributed by atoms with E-state index in [9.17, 15) is 20.2 Å². The predicted molar refractivity (Wildman–Crippen MR) is 35.8 cm³/mol. The van der Waals surface area contributed by atoms with Crippen LogP contribution in [0.2, 0.25) is 0 Å². The lowest BCUT2D eigenvalue weighted by Crippen LogP contribution is -2.16. The van der Waals surface area contributed by atoms with Crippen molar-refractivity contribution in [3.05, 3.63) is 32.0 Å². The smallest absolute Gasteiger partial charge is 0.254 e. The molecule has 0 aliphatic rings. The summed E-state index contributed by atoms with van der Waals surface area (Å²) >= 11 is 0. The van der Waals surface area contributed by atoms with Gasteiger partial charge < -0.3 is 5.26 Å². The van der Waals surface area contributed by atoms with E-state index in [2.05, 4.69) is 0 Å². The van der Waals surface area contributed by atoms with Crippen molar-refractivity contribution in [1.29, 1.82) is 10.5 Å². The van der Waals surface area contributed by atoms with Gasteiger partial charge in [0, 0.05) is 9.85 Å². The van der Waals surface area contributed by atoms with Gasteiger partial charge in [0.1, 0.15) is 6.07 Å². The fourth-order valence-corrected chi connectivity index (χ4v) is 0.387. The standard InChI is InChI=1S/C5HN4O4/c6-2-4(8(10)11)1-5(3-7)9(12)13/h4H/q-1. The van der Waals surface area contributed by atoms with E-state index in [0.29, 0.717) is 0 Å². The van der Waals surface area contributed by atoms with Gasteiger partial charge in [0.05, 0.1) is 0 Å². The Hall–Kier alpha value is -2.48. The Balaban J connectivity index is 4.92. The van der Waals surface area contributed by atoms with Gasteiger partial charge in [-0.25, -0.2) is 0 Å². The maximum absolute atomic E-state index is 9.98. The minimum atomic E-state index is -1.99. The highest BCUT2D eigenvalue weighted by Crippen LogP contribution is 1.97. The number of hydrogen-bond acceptors (Lipinski definition) is 6. The zero-order valence-electron chi connectivity index (χ0n) is 6.00. The van der Waals surface area contributed by atoms with Crippen molar-refractivity contribution in [1.82, 2.24) is 0 Å². The molecule has 0 N–H and O–H groups in total. The minimum Gasteiger partial charge on any atom is -0.322 e. The Labute approximate surface area is 71.6 Å². The van der Waals surface area contributed by atoms with E-state index in [-0.39, 0.29) is 0 Å². The third-order valence-electron chi connectivity index (χ3n) is 0.895. The van der Waals surface area contributed by atoms with Crippen LogP contribution in [-0.2, 0) is 0 Å². The van der Waals surface area contributed by atoms with Crippen molar-refractivity contribution in [3.8, 4) is 12.1 Å². The van der Waals surface area contributed by atoms with Gasteiger partial charge in [0.25, 0.3) is 6.04 Å². The molecule has 0 bridgehead atoms. The second-order valence-corrected chi connectivity index (χ2v) is 1.68. The molecule has 0 aliphatic heterocycles. The normalized spacial score (nSPS) is 12.3. The van der Waals surface area contributed by atoms with Gasteiger partial charge in [-0.1, -0.05) is 12.1 Å². The fraction of sp³-hybridized carbons (Fsp3) is 0.200. The zero-order valence-corrected chi connectivity index (χ0v) is 6.00. The first-order valence-corrected chi connectivity index (χ1v) is 2.74. The SMILES string of the molecule is N#CC(=[C-]C(C#N)[N+](=O)[O-])[N+](=O)[O-]. The number of hydrogen-bond donors (Lipinski definition) is 0. The first-order valence-electron chi connectivity index (χ1n) is 2.74. The molecule has 0 aromatic heterocycles. The topological polar surface area (TPSA) is 134 Å². The maximum atomic E-state index is 9.98. The molecule has 66 valence electrons. The van der Waals surface area contributed by atoms with Crippen LogP contribution in [0.4, 0.5) is 0 Å². The maximum Gasteiger partial charge on any atom is 0.254 e. The van der Waals surface area contributed by atoms with Crippen molar-refractivity contribution in [2.45, 2.75) is 6.04 Å². The molecule has 0 fully saturated rings. The van der Waals surface area contributed by atoms with Crippen LogP contribution >= 0.6 is 0 Å². The summed E-state index contributed by atoms with van der Waals surface area (Å²) in [6.45, 7) is 0. The highest BCUT2D eigenvalue weighted by molar-refractivity contribution is 5.12. The van der Waals surface area contributed by atoms with E-state index < -0.39 is 21.6 Å². The Kier molecular flexibility index (Phi) is 3.57. The van der Waals surface area contributed by atoms with Crippen molar-refractivity contribution >= 4 is 0 Å². The van der Waals surface area contributed by atoms with Crippen LogP contribution in [-0.4, -0.2) is 15.9 Å². The summed E-state index contributed by atoms with van der Waals surface area (Å²) in [5, 5.41) is 36.2. The number of rotatable bonds is 3. The minimum absolute atomic E-state index is 1.07. The average Bonchev–Trinajstić information content (AvgIpc) is 2.05. The first kappa shape index (κ1) is 10.5. The second kappa shape index (κ2) is 4.41. The fourth-order valence-electron chi connectivity index (χ4n) is 0.387. The predicted octanol–water partition coefficient (Wildman–Crippen LogP) is -0.357. The molecule has 8 heteroatoms. The molecule has 0 radical (unpaired) electrons. The summed E-state index contributed by atoms with van der Waals surface area (Å²) in [7, 11) is 0. The zero-order chi connectivity index (χ0) is 10.4. The number of nitriles is 2. The van der Waals surface area contributed by atoms with Gasteiger partial charge in [-0.2, -0.15) is 5.26 Å². The lowest BCUT2D eigenvalue weighted by atomic mass is 10.3. The van der Waals surface area contributed by atoms with Crippen LogP contribution in [0.15, 0.2) is 5.70 Å². The number of nitrogens with zero attached hydrogens (tertiary/aromatic N) is 4. The molecule has 8 nitrogen and oxygen atoms in total. The molecule has 0 saturated carbocycles. The van der Waals surface area contributed by atoms with Crippen LogP contribution in [0.1, 0.15) is 0 Å². The molecule has 0 aromatic carbocycles. The average molecular weight is 181 g/mol. The first-order chi connectivity index (χ1) is 6.02. The summed E-state index contributed by atoms with van der Waals surface area (Å²) in [5.74, 6) is 0. The highest BCUT2D eigenvalue weighted by atomic mass is 16.6. The molecule has 0 aliphatic carbocycles. The van der Waals surface area contributed by atoms with Gasteiger partial charge in [-0.15, -0.1) is 0 Å². The van der Waals surface area contributed by atoms with Gasteiger partial charge >= 0.3 is 0 Å². The van der Waals surface area contributed by atoms with E-state index in [1.807, 2.05) is 0 Å². The number of nitro groups is 2. The van der Waals surface area contributed by atoms with Gasteiger partial charge in [-0.3, -0.25) is 20.2 Å². The molecule has 1 atom stereocenters. The molecule has 13 heavy (non-hydrogen) atoms. The van der Waals surface area contributed by atoms with E-state index in [1.165, 1.54) is 0 Å². The van der Waals surface area contributed by atoms with E-state index >= 15 is 0 Å². The van der Waals surface area contributed by atoms with Crippen molar-refractivity contribution in [2.24, 2.45) is 0 Å². The molecular weight excluding hydrogens is 180 g/mol. The van der Waals surface area contributed by atoms with E-state index in [0.717, 1.165) is 12.1 Å². The van der Waals surface area contributed by atoms with Gasteiger partial charge in [0.15, 0.2) is 5.70 Å². The Bertz CT molecular complexity index is 347. The largest absolute Gasteiger partial charge is 0.322 e. The summed E-state index contributed by atoms with van der Waals surface area (Å²) < 4.78 is 0. The van der Waals surface area contributed by atoms with E-state index in [1.54, 1.807) is 6.08 Å². The molecule has 0 heterocycles. The Morgan fingerprint density at radius 2 is 1.92 bits per heavy atom. The van der Waals surface area contributed by atoms with E-state index in [4.69, 9.17) is 10.5 Å². The Morgan fingerprint density at radius 3 is 2.15 bits per heavy atom. The Morgan fingerprint density at radius 1 is 1.38 bits per heavy atom. The van der Waals surface area contributed by atoms with Crippen molar-refractivity contribution in [2.75, 3.05) is 0 Å². The van der Waals surface area contributed by atoms with Gasteiger partial charge in [0.2, 0.25) is 0 Å². The number of allylic oxidation sites excluding steroid dienone is 1. The molecule has 1 unspecified atom stereocenters. The lowest BCUT2D eigenvalue weighted by molar-refractivity contribution is -0.499. The summed E-state index contributed by atoms with van der Waals surface area (Å²) in [6, 6.07) is 0.221. The summed E-state index contributed by atoms with van der Waals surface area (Å²) in [5.41, 5.74) is -1.14. The van der Waals surface area contributed by atoms with Crippen molar-refractivity contribution < 1.29 is 9.85 Å². The third-order valence-corrected chi connectivity index (χ3v) is 0.895.